The highest BCUT2D eigenvalue weighted by atomic mass is 79.9. The second-order valence-electron chi connectivity index (χ2n) is 19.0. The van der Waals surface area contributed by atoms with Crippen molar-refractivity contribution < 1.29 is 57.9 Å². The fourth-order valence-electron chi connectivity index (χ4n) is 8.03. The zero-order valence-corrected chi connectivity index (χ0v) is 49.2. The number of ether oxygens (including phenoxy) is 4. The van der Waals surface area contributed by atoms with Gasteiger partial charge in [-0.3, -0.25) is 28.8 Å². The Morgan fingerprint density at radius 3 is 0.764 bits per heavy atom. The molecule has 0 unspecified atom stereocenters. The molecule has 0 aliphatic heterocycles. The summed E-state index contributed by atoms with van der Waals surface area (Å²) in [6, 6.07) is 0. The van der Waals surface area contributed by atoms with Crippen LogP contribution in [0.3, 0.4) is 0 Å². The molecule has 0 aliphatic carbocycles. The Bertz CT molecular complexity index is 1140. The second kappa shape index (κ2) is 64.4. The van der Waals surface area contributed by atoms with Gasteiger partial charge in [-0.1, -0.05) is 261 Å². The minimum Gasteiger partial charge on any atom is -0.481 e. The first kappa shape index (κ1) is 75.8. The smallest absolute Gasteiger partial charge is 0.320 e. The van der Waals surface area contributed by atoms with Gasteiger partial charge in [0.15, 0.2) is 11.8 Å². The van der Waals surface area contributed by atoms with Gasteiger partial charge in [-0.2, -0.15) is 0 Å². The molecular formula is C59H113BrO12. The third kappa shape index (κ3) is 61.6. The Morgan fingerprint density at radius 2 is 0.542 bits per heavy atom. The fraction of sp³-hybridized carbons (Fsp3) is 0.898. The topological polar surface area (TPSA) is 180 Å². The monoisotopic (exact) mass is 1090 g/mol. The lowest BCUT2D eigenvalue weighted by Crippen LogP contribution is -2.28. The van der Waals surface area contributed by atoms with Crippen LogP contribution in [0.5, 0.6) is 0 Å². The molecule has 0 atom stereocenters. The molecule has 0 spiro atoms. The van der Waals surface area contributed by atoms with Crippen LogP contribution in [0.15, 0.2) is 0 Å². The van der Waals surface area contributed by atoms with E-state index in [0.717, 1.165) is 25.7 Å². The zero-order chi connectivity index (χ0) is 54.6. The normalized spacial score (nSPS) is 10.6. The summed E-state index contributed by atoms with van der Waals surface area (Å²) >= 11 is 3.47. The van der Waals surface area contributed by atoms with Crippen LogP contribution in [0.1, 0.15) is 299 Å². The molecule has 0 saturated carbocycles. The highest BCUT2D eigenvalue weighted by Crippen LogP contribution is 2.18. The highest BCUT2D eigenvalue weighted by Gasteiger charge is 2.29. The first-order valence-corrected chi connectivity index (χ1v) is 30.7. The van der Waals surface area contributed by atoms with Gasteiger partial charge in [-0.05, 0) is 47.0 Å². The standard InChI is InChI=1S/C21H40O4.C17H32O4.C14H29Br.C7H12O4/c1-4-7-8-9-10-11-12-13-14-15-16-17-18-19(20(22)24-5-2)21(23)25-6-3;1-2-3-4-5-6-7-8-9-10-11-12-13-14-15(16(18)19)17(20)21;1-2-3-4-5-6-7-8-9-10-11-12-13-14-15;1-3-10-6(8)5-7(9)11-4-2/h19H,4-18H2,1-3H3;15H,2-14H2,1H3,(H,18,19)(H,20,21);2-14H2,1H3;3-5H2,1-2H3. The highest BCUT2D eigenvalue weighted by molar-refractivity contribution is 9.09. The van der Waals surface area contributed by atoms with Crippen LogP contribution >= 0.6 is 15.9 Å². The van der Waals surface area contributed by atoms with Gasteiger partial charge in [0, 0.05) is 5.33 Å². The molecule has 13 heteroatoms. The summed E-state index contributed by atoms with van der Waals surface area (Å²) in [5.74, 6) is -6.36. The van der Waals surface area contributed by atoms with Crippen molar-refractivity contribution in [2.24, 2.45) is 11.8 Å². The molecule has 428 valence electrons. The third-order valence-electron chi connectivity index (χ3n) is 12.3. The molecule has 0 amide bonds. The summed E-state index contributed by atoms with van der Waals surface area (Å²) in [5.41, 5.74) is 0. The molecular weight excluding hydrogens is 981 g/mol. The number of carbonyl (C=O) groups is 6. The van der Waals surface area contributed by atoms with Crippen LogP contribution in [-0.2, 0) is 47.7 Å². The van der Waals surface area contributed by atoms with Gasteiger partial charge in [-0.15, -0.1) is 0 Å². The van der Waals surface area contributed by atoms with Gasteiger partial charge in [0.05, 0.1) is 26.4 Å². The predicted octanol–water partition coefficient (Wildman–Crippen LogP) is 17.3. The van der Waals surface area contributed by atoms with Gasteiger partial charge >= 0.3 is 35.8 Å². The summed E-state index contributed by atoms with van der Waals surface area (Å²) in [6.07, 6.45) is 47.5. The maximum atomic E-state index is 11.9. The summed E-state index contributed by atoms with van der Waals surface area (Å²) in [6.45, 7) is 14.8. The number of alkyl halides is 1. The number of hydrogen-bond acceptors (Lipinski definition) is 10. The van der Waals surface area contributed by atoms with E-state index in [2.05, 4.69) is 46.2 Å². The molecule has 0 aliphatic rings. The van der Waals surface area contributed by atoms with E-state index in [1.165, 1.54) is 204 Å². The van der Waals surface area contributed by atoms with Gasteiger partial charge in [0.25, 0.3) is 0 Å². The van der Waals surface area contributed by atoms with Crippen molar-refractivity contribution in [1.82, 2.24) is 0 Å². The maximum absolute atomic E-state index is 11.9. The number of aliphatic carboxylic acids is 2. The van der Waals surface area contributed by atoms with Gasteiger partial charge in [-0.25, -0.2) is 0 Å². The van der Waals surface area contributed by atoms with Crippen molar-refractivity contribution in [3.05, 3.63) is 0 Å². The van der Waals surface area contributed by atoms with E-state index < -0.39 is 47.7 Å². The summed E-state index contributed by atoms with van der Waals surface area (Å²) in [7, 11) is 0. The average Bonchev–Trinajstić information content (AvgIpc) is 3.34. The number of esters is 4. The number of rotatable bonds is 48. The lowest BCUT2D eigenvalue weighted by molar-refractivity contribution is -0.162. The number of unbranched alkanes of at least 4 members (excludes halogenated alkanes) is 33. The Morgan fingerprint density at radius 1 is 0.319 bits per heavy atom. The van der Waals surface area contributed by atoms with Crippen molar-refractivity contribution >= 4 is 51.7 Å². The summed E-state index contributed by atoms with van der Waals surface area (Å²) < 4.78 is 19.0. The van der Waals surface area contributed by atoms with Gasteiger partial charge in [0.2, 0.25) is 0 Å². The SMILES string of the molecule is CCCCCCCCCCCCCCBr.CCCCCCCCCCCCCCC(C(=O)O)C(=O)O.CCCCCCCCCCCCCCC(C(=O)OCC)C(=O)OCC.CCOC(=O)CC(=O)OCC. The number of carbonyl (C=O) groups excluding carboxylic acids is 4. The van der Waals surface area contributed by atoms with Crippen LogP contribution < -0.4 is 0 Å². The van der Waals surface area contributed by atoms with Crippen molar-refractivity contribution in [1.29, 1.82) is 0 Å². The molecule has 0 aromatic heterocycles. The second-order valence-corrected chi connectivity index (χ2v) is 19.8. The quantitative estimate of drug-likeness (QED) is 0.0194. The fourth-order valence-corrected chi connectivity index (χ4v) is 8.42. The number of halogens is 1. The van der Waals surface area contributed by atoms with Crippen LogP contribution in [-0.4, -0.2) is 77.8 Å². The van der Waals surface area contributed by atoms with Crippen LogP contribution in [0.2, 0.25) is 0 Å². The number of carboxylic acid groups (broad SMARTS) is 2. The number of hydrogen-bond donors (Lipinski definition) is 2. The molecule has 0 rings (SSSR count). The number of carboxylic acids is 2. The molecule has 12 nitrogen and oxygen atoms in total. The zero-order valence-electron chi connectivity index (χ0n) is 47.6. The molecule has 0 radical (unpaired) electrons. The molecule has 72 heavy (non-hydrogen) atoms. The molecule has 0 aromatic carbocycles. The predicted molar refractivity (Wildman–Crippen MR) is 300 cm³/mol. The van der Waals surface area contributed by atoms with E-state index in [9.17, 15) is 28.8 Å². The average molecular weight is 1090 g/mol. The Labute approximate surface area is 450 Å². The molecule has 0 fully saturated rings. The minimum absolute atomic E-state index is 0.252. The van der Waals surface area contributed by atoms with E-state index in [1.807, 2.05) is 0 Å². The van der Waals surface area contributed by atoms with Crippen molar-refractivity contribution in [3.63, 3.8) is 0 Å². The van der Waals surface area contributed by atoms with Gasteiger partial charge < -0.3 is 29.2 Å². The van der Waals surface area contributed by atoms with Crippen molar-refractivity contribution in [3.8, 4) is 0 Å². The molecule has 0 heterocycles. The minimum atomic E-state index is -1.23. The van der Waals surface area contributed by atoms with Crippen molar-refractivity contribution in [2.75, 3.05) is 31.8 Å². The molecule has 0 bridgehead atoms. The summed E-state index contributed by atoms with van der Waals surface area (Å²) in [5, 5.41) is 18.7. The van der Waals surface area contributed by atoms with Crippen LogP contribution in [0, 0.1) is 11.8 Å². The Balaban J connectivity index is -0.000000446. The maximum Gasteiger partial charge on any atom is 0.320 e. The Hall–Kier alpha value is -2.70. The van der Waals surface area contributed by atoms with E-state index >= 15 is 0 Å². The Kier molecular flexibility index (Phi) is 67.8. The van der Waals surface area contributed by atoms with Crippen LogP contribution in [0.4, 0.5) is 0 Å². The third-order valence-corrected chi connectivity index (χ3v) is 12.9. The first-order chi connectivity index (χ1) is 34.9. The van der Waals surface area contributed by atoms with E-state index in [1.54, 1.807) is 27.7 Å². The van der Waals surface area contributed by atoms with Crippen LogP contribution in [0.25, 0.3) is 0 Å². The summed E-state index contributed by atoms with van der Waals surface area (Å²) in [4.78, 5) is 66.3. The van der Waals surface area contributed by atoms with Gasteiger partial charge in [0.1, 0.15) is 6.42 Å². The first-order valence-electron chi connectivity index (χ1n) is 29.5. The molecule has 0 aromatic rings. The van der Waals surface area contributed by atoms with E-state index in [-0.39, 0.29) is 26.1 Å². The van der Waals surface area contributed by atoms with E-state index in [4.69, 9.17) is 19.7 Å². The molecule has 0 saturated heterocycles. The van der Waals surface area contributed by atoms with E-state index in [0.29, 0.717) is 26.1 Å². The largest absolute Gasteiger partial charge is 0.481 e. The molecule has 2 N–H and O–H groups in total. The van der Waals surface area contributed by atoms with Crippen molar-refractivity contribution in [2.45, 2.75) is 299 Å². The lowest BCUT2D eigenvalue weighted by Gasteiger charge is -2.14. The lowest BCUT2D eigenvalue weighted by atomic mass is 9.99.